The van der Waals surface area contributed by atoms with Crippen LogP contribution >= 0.6 is 23.5 Å². The van der Waals surface area contributed by atoms with Crippen LogP contribution < -0.4 is 0 Å². The Labute approximate surface area is 128 Å². The number of unbranched alkanes of at least 4 members (excludes halogenated alkanes) is 1. The van der Waals surface area contributed by atoms with Crippen molar-refractivity contribution < 1.29 is 0 Å². The van der Waals surface area contributed by atoms with E-state index in [1.165, 1.54) is 30.8 Å². The van der Waals surface area contributed by atoms with Gasteiger partial charge in [0.25, 0.3) is 0 Å². The van der Waals surface area contributed by atoms with Crippen LogP contribution in [-0.4, -0.2) is 51.9 Å². The molecule has 2 fully saturated rings. The number of hydrogen-bond donors (Lipinski definition) is 0. The quantitative estimate of drug-likeness (QED) is 0.290. The Morgan fingerprint density at radius 1 is 1.06 bits per heavy atom. The van der Waals surface area contributed by atoms with Gasteiger partial charge >= 0.3 is 129 Å². The van der Waals surface area contributed by atoms with Crippen LogP contribution in [0.3, 0.4) is 0 Å². The Kier molecular flexibility index (Phi) is 7.85. The van der Waals surface area contributed by atoms with Gasteiger partial charge in [-0.05, 0) is 0 Å². The van der Waals surface area contributed by atoms with E-state index in [2.05, 4.69) is 30.4 Å². The summed E-state index contributed by atoms with van der Waals surface area (Å²) in [5.74, 6) is 3.96. The molecule has 3 unspecified atom stereocenters. The van der Waals surface area contributed by atoms with Crippen LogP contribution in [0.25, 0.3) is 0 Å². The summed E-state index contributed by atoms with van der Waals surface area (Å²) >= 11 is 6.28. The Morgan fingerprint density at radius 2 is 1.71 bits per heavy atom. The van der Waals surface area contributed by atoms with Gasteiger partial charge in [0, 0.05) is 0 Å². The van der Waals surface area contributed by atoms with Gasteiger partial charge in [-0.1, -0.05) is 0 Å². The average Bonchev–Trinajstić information content (AvgIpc) is 3.15. The second-order valence-electron chi connectivity index (χ2n) is 5.12. The molecule has 0 aromatic heterocycles. The minimum atomic E-state index is 0.959. The fourth-order valence-electron chi connectivity index (χ4n) is 1.72. The summed E-state index contributed by atoms with van der Waals surface area (Å²) in [6.07, 6.45) is 4.54. The molecule has 0 spiro atoms. The topological polar surface area (TPSA) is 0 Å². The van der Waals surface area contributed by atoms with Crippen LogP contribution in [0.4, 0.5) is 0 Å². The zero-order valence-electron chi connectivity index (χ0n) is 10.7. The van der Waals surface area contributed by atoms with E-state index in [0.717, 1.165) is 46.3 Å². The van der Waals surface area contributed by atoms with Crippen molar-refractivity contribution in [2.24, 2.45) is 5.92 Å². The first-order chi connectivity index (χ1) is 8.34. The zero-order chi connectivity index (χ0) is 11.9. The summed E-state index contributed by atoms with van der Waals surface area (Å²) < 4.78 is 0. The minimum absolute atomic E-state index is 0.959. The van der Waals surface area contributed by atoms with E-state index in [1.807, 2.05) is 0 Å². The molecule has 2 aliphatic heterocycles. The van der Waals surface area contributed by atoms with Gasteiger partial charge < -0.3 is 0 Å². The van der Waals surface area contributed by atoms with Crippen molar-refractivity contribution in [2.45, 2.75) is 58.0 Å². The Balaban J connectivity index is 1.30. The van der Waals surface area contributed by atoms with Crippen molar-refractivity contribution in [1.29, 1.82) is 0 Å². The van der Waals surface area contributed by atoms with Crippen molar-refractivity contribution in [1.82, 2.24) is 0 Å². The second-order valence-corrected chi connectivity index (χ2v) is 12.5. The summed E-state index contributed by atoms with van der Waals surface area (Å²) in [6, 6.07) is 0. The Hall–Kier alpha value is 1.74. The number of hydrogen-bond acceptors (Lipinski definition) is 2. The molecule has 0 aromatic rings. The van der Waals surface area contributed by atoms with Gasteiger partial charge in [-0.15, -0.1) is 0 Å². The van der Waals surface area contributed by atoms with Crippen LogP contribution in [0.1, 0.15) is 26.2 Å². The molecule has 0 amide bonds. The second kappa shape index (κ2) is 8.82. The van der Waals surface area contributed by atoms with Crippen molar-refractivity contribution in [3.05, 3.63) is 0 Å². The molecular formula is C13H24S2Se2. The first-order valence-corrected chi connectivity index (χ1v) is 13.7. The molecule has 0 nitrogen and oxygen atoms in total. The predicted octanol–water partition coefficient (Wildman–Crippen LogP) is 4.11. The third-order valence-corrected chi connectivity index (χ3v) is 11.5. The molecule has 0 radical (unpaired) electrons. The standard InChI is InChI=1S/C13H24S2Se2/c1-11(8-17-10-13-7-15-13)4-2-3-5-16-9-12-6-14-12/h11-13H,2-10H2,1H3. The first-order valence-electron chi connectivity index (χ1n) is 6.73. The monoisotopic (exact) mass is 404 g/mol. The summed E-state index contributed by atoms with van der Waals surface area (Å²) in [6.45, 7) is 2.48. The molecule has 2 saturated heterocycles. The fraction of sp³-hybridized carbons (Fsp3) is 1.00. The molecule has 3 atom stereocenters. The summed E-state index contributed by atoms with van der Waals surface area (Å²) in [4.78, 5) is 0. The summed E-state index contributed by atoms with van der Waals surface area (Å²) in [7, 11) is 0. The number of thioether (sulfide) groups is 2. The van der Waals surface area contributed by atoms with Gasteiger partial charge in [0.15, 0.2) is 0 Å². The first kappa shape index (κ1) is 15.1. The van der Waals surface area contributed by atoms with E-state index in [4.69, 9.17) is 0 Å². The molecule has 4 heteroatoms. The van der Waals surface area contributed by atoms with Crippen molar-refractivity contribution in [2.75, 3.05) is 11.5 Å². The molecule has 17 heavy (non-hydrogen) atoms. The van der Waals surface area contributed by atoms with E-state index in [0.29, 0.717) is 0 Å². The Morgan fingerprint density at radius 3 is 2.35 bits per heavy atom. The molecule has 0 N–H and O–H groups in total. The zero-order valence-corrected chi connectivity index (χ0v) is 15.8. The van der Waals surface area contributed by atoms with Crippen LogP contribution in [0.2, 0.25) is 21.3 Å². The molecule has 2 rings (SSSR count). The van der Waals surface area contributed by atoms with Crippen molar-refractivity contribution in [3.8, 4) is 0 Å². The van der Waals surface area contributed by atoms with E-state index < -0.39 is 0 Å². The molecule has 2 heterocycles. The van der Waals surface area contributed by atoms with E-state index in [-0.39, 0.29) is 0 Å². The van der Waals surface area contributed by atoms with E-state index in [1.54, 1.807) is 21.3 Å². The van der Waals surface area contributed by atoms with Crippen LogP contribution in [0.5, 0.6) is 0 Å². The van der Waals surface area contributed by atoms with Gasteiger partial charge in [0.1, 0.15) is 0 Å². The SMILES string of the molecule is CC(CCCC[Se]CC1CS1)C[Se]CC1CS1. The predicted molar refractivity (Wildman–Crippen MR) is 86.2 cm³/mol. The molecule has 0 aromatic carbocycles. The van der Waals surface area contributed by atoms with Crippen LogP contribution in [0, 0.1) is 5.92 Å². The maximum absolute atomic E-state index is 2.48. The van der Waals surface area contributed by atoms with Gasteiger partial charge in [-0.2, -0.15) is 0 Å². The van der Waals surface area contributed by atoms with Gasteiger partial charge in [0.2, 0.25) is 0 Å². The fourth-order valence-corrected chi connectivity index (χ4v) is 9.59. The summed E-state index contributed by atoms with van der Waals surface area (Å²) in [5, 5.41) is 8.41. The third-order valence-electron chi connectivity index (χ3n) is 3.05. The summed E-state index contributed by atoms with van der Waals surface area (Å²) in [5.41, 5.74) is 0. The molecule has 0 aliphatic carbocycles. The Bertz CT molecular complexity index is 206. The molecule has 0 bridgehead atoms. The van der Waals surface area contributed by atoms with Gasteiger partial charge in [-0.25, -0.2) is 0 Å². The normalized spacial score (nSPS) is 28.1. The van der Waals surface area contributed by atoms with Gasteiger partial charge in [-0.3, -0.25) is 0 Å². The van der Waals surface area contributed by atoms with Crippen molar-refractivity contribution in [3.63, 3.8) is 0 Å². The van der Waals surface area contributed by atoms with Crippen LogP contribution in [-0.2, 0) is 0 Å². The van der Waals surface area contributed by atoms with Crippen molar-refractivity contribution >= 4 is 53.4 Å². The average molecular weight is 402 g/mol. The third kappa shape index (κ3) is 8.50. The molecule has 0 saturated carbocycles. The molecule has 100 valence electrons. The number of rotatable bonds is 11. The molecule has 2 aliphatic rings. The van der Waals surface area contributed by atoms with E-state index >= 15 is 0 Å². The van der Waals surface area contributed by atoms with Gasteiger partial charge in [0.05, 0.1) is 0 Å². The molecular weight excluding hydrogens is 378 g/mol. The van der Waals surface area contributed by atoms with E-state index in [9.17, 15) is 0 Å². The van der Waals surface area contributed by atoms with Crippen LogP contribution in [0.15, 0.2) is 0 Å². The maximum atomic E-state index is 2.48.